The number of rotatable bonds is 30. The van der Waals surface area contributed by atoms with Crippen LogP contribution in [0.15, 0.2) is 212 Å². The summed E-state index contributed by atoms with van der Waals surface area (Å²) in [6.07, 6.45) is -7.96. The summed E-state index contributed by atoms with van der Waals surface area (Å²) in [6.45, 7) is 7.75. The summed E-state index contributed by atoms with van der Waals surface area (Å²) in [5.41, 5.74) is -5.32. The Bertz CT molecular complexity index is 6060. The molecule has 0 N–H and O–H groups in total. The summed E-state index contributed by atoms with van der Waals surface area (Å²) in [5, 5.41) is 0. The van der Waals surface area contributed by atoms with Crippen molar-refractivity contribution in [1.29, 1.82) is 0 Å². The van der Waals surface area contributed by atoms with E-state index in [-0.39, 0.29) is 132 Å². The number of ether oxygens (including phenoxy) is 17. The van der Waals surface area contributed by atoms with Crippen molar-refractivity contribution < 1.29 is 184 Å². The maximum Gasteiger partial charge on any atom is 0.416 e. The Morgan fingerprint density at radius 2 is 0.590 bits per heavy atom. The molecule has 0 amide bonds. The first-order valence-electron chi connectivity index (χ1n) is 44.4. The van der Waals surface area contributed by atoms with E-state index in [1.807, 2.05) is 31.2 Å². The smallest absolute Gasteiger partial charge is 0.416 e. The molecule has 0 saturated carbocycles. The van der Waals surface area contributed by atoms with Crippen LogP contribution in [0.3, 0.4) is 0 Å². The normalized spacial score (nSPS) is 14.8. The summed E-state index contributed by atoms with van der Waals surface area (Å²) in [4.78, 5) is 194. The third-order valence-corrected chi connectivity index (χ3v) is 22.9. The van der Waals surface area contributed by atoms with Crippen molar-refractivity contribution in [1.82, 2.24) is 0 Å². The zero-order valence-corrected chi connectivity index (χ0v) is 79.4. The number of aryl methyl sites for hydroxylation is 2. The first-order chi connectivity index (χ1) is 68.4. The van der Waals surface area contributed by atoms with E-state index in [9.17, 15) is 103 Å². The van der Waals surface area contributed by atoms with Crippen LogP contribution in [0.4, 0.5) is 26.3 Å². The molecule has 0 atom stereocenters. The molecule has 0 fully saturated rings. The fraction of sp³-hybridized carbons (Fsp3) is 0.333. The SMILES string of the molecule is CC(=O)OCC1(COC(C)=O)COc2cc(OC(C)=O)ccc2C1=O.CCOCOc1ccc2c(c1)OCC(COC(C)=O)(COC(C)=O)C2=O.COc1ccc2c(c1)OCC(COC(C)=O)(COC(C)=O)C2=O.O=C(OCC1(COC(=O)c2cccc(C(F)(F)F)c2)CCc2ccccc2C1=O)c1cccc(C(F)(F)F)c1.O=C(OCC1(COC(=O)c2ccccc2)CCc2ccccc2C1=O)c1ccccc1. The van der Waals surface area contributed by atoms with Gasteiger partial charge in [0.15, 0.2) is 35.7 Å². The molecule has 3 heterocycles. The fourth-order valence-electron chi connectivity index (χ4n) is 15.0. The van der Waals surface area contributed by atoms with Gasteiger partial charge >= 0.3 is 78.0 Å². The zero-order chi connectivity index (χ0) is 105. The Morgan fingerprint density at radius 3 is 0.910 bits per heavy atom. The summed E-state index contributed by atoms with van der Waals surface area (Å²) in [6, 6.07) is 52.2. The third kappa shape index (κ3) is 29.1. The number of esters is 11. The lowest BCUT2D eigenvalue weighted by atomic mass is 9.71. The van der Waals surface area contributed by atoms with Gasteiger partial charge in [0.2, 0.25) is 0 Å². The number of fused-ring (bicyclic) bond motifs is 5. The minimum Gasteiger partial charge on any atom is -0.497 e. The molecule has 144 heavy (non-hydrogen) atoms. The van der Waals surface area contributed by atoms with Gasteiger partial charge in [-0.15, -0.1) is 0 Å². The van der Waals surface area contributed by atoms with Gasteiger partial charge in [0, 0.05) is 84.4 Å². The lowest BCUT2D eigenvalue weighted by molar-refractivity contribution is -0.152. The number of Topliss-reactive ketones (excluding diaryl/α,β-unsaturated/α-hetero) is 5. The maximum absolute atomic E-state index is 13.5. The van der Waals surface area contributed by atoms with E-state index in [2.05, 4.69) is 0 Å². The van der Waals surface area contributed by atoms with E-state index < -0.39 is 146 Å². The molecule has 2 aliphatic carbocycles. The van der Waals surface area contributed by atoms with Gasteiger partial charge in [-0.1, -0.05) is 97.1 Å². The number of alkyl halides is 6. The second kappa shape index (κ2) is 49.4. The van der Waals surface area contributed by atoms with Crippen molar-refractivity contribution in [2.24, 2.45) is 27.1 Å². The molecule has 0 spiro atoms. The second-order valence-corrected chi connectivity index (χ2v) is 33.6. The Kier molecular flexibility index (Phi) is 37.8. The van der Waals surface area contributed by atoms with Crippen LogP contribution in [0, 0.1) is 27.1 Å². The van der Waals surface area contributed by atoms with Crippen LogP contribution in [0.1, 0.15) is 184 Å². The number of methoxy groups -OCH3 is 1. The largest absolute Gasteiger partial charge is 0.497 e. The molecule has 0 bridgehead atoms. The zero-order valence-electron chi connectivity index (χ0n) is 79.4. The molecular weight excluding hydrogens is 1900 g/mol. The number of ketones is 5. The van der Waals surface area contributed by atoms with Crippen LogP contribution in [-0.2, 0) is 111 Å². The Morgan fingerprint density at radius 1 is 0.306 bits per heavy atom. The summed E-state index contributed by atoms with van der Waals surface area (Å²) in [5.74, 6) is -6.47. The first-order valence-corrected chi connectivity index (χ1v) is 44.4. The van der Waals surface area contributed by atoms with Gasteiger partial charge in [-0.2, -0.15) is 26.3 Å². The Balaban J connectivity index is 0.000000187. The Labute approximate surface area is 820 Å². The molecule has 0 saturated heterocycles. The number of carbonyl (C=O) groups is 16. The average molecular weight is 2000 g/mol. The summed E-state index contributed by atoms with van der Waals surface area (Å²) >= 11 is 0. The van der Waals surface area contributed by atoms with Gasteiger partial charge in [0.05, 0.1) is 57.2 Å². The fourth-order valence-corrected chi connectivity index (χ4v) is 15.0. The molecule has 0 unspecified atom stereocenters. The van der Waals surface area contributed by atoms with E-state index in [0.29, 0.717) is 94.4 Å². The molecule has 14 rings (SSSR count). The molecule has 9 aromatic carbocycles. The van der Waals surface area contributed by atoms with Gasteiger partial charge in [0.1, 0.15) is 147 Å². The van der Waals surface area contributed by atoms with Crippen molar-refractivity contribution in [3.05, 3.63) is 285 Å². The van der Waals surface area contributed by atoms with Crippen LogP contribution in [-0.4, -0.2) is 201 Å². The number of halogens is 6. The summed E-state index contributed by atoms with van der Waals surface area (Å²) in [7, 11) is 1.51. The van der Waals surface area contributed by atoms with Crippen molar-refractivity contribution in [3.8, 4) is 34.5 Å². The number of carbonyl (C=O) groups excluding carboxylic acids is 16. The van der Waals surface area contributed by atoms with Gasteiger partial charge in [0.25, 0.3) is 0 Å². The summed E-state index contributed by atoms with van der Waals surface area (Å²) < 4.78 is 167. The molecule has 39 heteroatoms. The van der Waals surface area contributed by atoms with Crippen LogP contribution in [0.5, 0.6) is 34.5 Å². The number of hydrogen-bond acceptors (Lipinski definition) is 33. The molecule has 3 aliphatic heterocycles. The number of hydrogen-bond donors (Lipinski definition) is 0. The highest BCUT2D eigenvalue weighted by molar-refractivity contribution is 6.08. The maximum atomic E-state index is 13.5. The quantitative estimate of drug-likeness (QED) is 0.0101. The molecule has 9 aromatic rings. The molecule has 0 aromatic heterocycles. The van der Waals surface area contributed by atoms with Crippen molar-refractivity contribution >= 4 is 94.6 Å². The predicted octanol–water partition coefficient (Wildman–Crippen LogP) is 15.5. The number of benzene rings is 9. The highest BCUT2D eigenvalue weighted by atomic mass is 19.4. The lowest BCUT2D eigenvalue weighted by Crippen LogP contribution is -2.48. The van der Waals surface area contributed by atoms with Crippen molar-refractivity contribution in [2.45, 2.75) is 93.4 Å². The highest BCUT2D eigenvalue weighted by Crippen LogP contribution is 2.45. The van der Waals surface area contributed by atoms with Gasteiger partial charge in [-0.25, -0.2) is 19.2 Å². The van der Waals surface area contributed by atoms with E-state index in [1.54, 1.807) is 115 Å². The minimum absolute atomic E-state index is 0.0502. The van der Waals surface area contributed by atoms with Gasteiger partial charge in [-0.3, -0.25) is 57.5 Å². The minimum atomic E-state index is -4.70. The van der Waals surface area contributed by atoms with E-state index >= 15 is 0 Å². The van der Waals surface area contributed by atoms with Gasteiger partial charge < -0.3 is 80.5 Å². The molecule has 5 aliphatic rings. The monoisotopic (exact) mass is 2000 g/mol. The van der Waals surface area contributed by atoms with Crippen LogP contribution in [0.25, 0.3) is 0 Å². The first kappa shape index (κ1) is 110. The predicted molar refractivity (Wildman–Crippen MR) is 491 cm³/mol. The molecule has 33 nitrogen and oxygen atoms in total. The molecule has 0 radical (unpaired) electrons. The Hall–Kier alpha value is -16.0. The molecule has 760 valence electrons. The van der Waals surface area contributed by atoms with E-state index in [1.165, 1.54) is 79.8 Å². The van der Waals surface area contributed by atoms with Gasteiger partial charge in [-0.05, 0) is 141 Å². The van der Waals surface area contributed by atoms with Crippen molar-refractivity contribution in [2.75, 3.05) is 106 Å². The van der Waals surface area contributed by atoms with Crippen molar-refractivity contribution in [3.63, 3.8) is 0 Å². The topological polar surface area (TPSA) is 430 Å². The highest BCUT2D eigenvalue weighted by Gasteiger charge is 2.52. The van der Waals surface area contributed by atoms with Crippen LogP contribution in [0.2, 0.25) is 0 Å². The third-order valence-electron chi connectivity index (χ3n) is 22.9. The standard InChI is InChI=1S/C28H20F6O5.C26H22O5.C18H22O8.C17H18O8.C16H18O7/c29-27(30,31)20-8-3-6-18(13-20)24(36)38-15-26(12-11-17-5-1-2-10-22(17)23(26)35)16-39-25(37)19-7-4-9-21(14-19)28(32,33)34;27-23-22-14-8-7-9-19(22)15-16-26(23,17-30-24(28)20-10-3-1-4-11-20)18-31-25(29)21-12-5-2-6-13-21;1-4-22-11-26-14-5-6-15-16(7-14)25-10-18(17(15)21,8-23-12(2)19)9-24-13(3)20;1-10(18)22-7-17(8-23-11(2)19)9-24-15-6-13(25-12(3)20)4-5-14(15)16(17)21;1-10(17)21-7-16(8-22-11(2)18)9-23-14-6-12(20-3)4-5-13(14)15(16)19/h1-10,13-14H,11-12,15-16H2;1-14H,15-18H2;5-7H,4,8-11H2,1-3H3;4-6H,7-9H2,1-3H3;4-6H,7-9H2,1-3H3. The van der Waals surface area contributed by atoms with E-state index in [4.69, 9.17) is 80.5 Å². The lowest BCUT2D eigenvalue weighted by Gasteiger charge is -2.35. The van der Waals surface area contributed by atoms with Crippen LogP contribution >= 0.6 is 0 Å². The van der Waals surface area contributed by atoms with Crippen LogP contribution < -0.4 is 28.4 Å². The van der Waals surface area contributed by atoms with E-state index in [0.717, 1.165) is 42.0 Å². The molecular formula is C105H100F6O33. The second-order valence-electron chi connectivity index (χ2n) is 33.6. The average Bonchev–Trinajstić information content (AvgIpc) is 0.781.